The number of hydrogen-bond acceptors (Lipinski definition) is 4. The highest BCUT2D eigenvalue weighted by Crippen LogP contribution is 2.39. The standard InChI is InChI=1S/C21H34NO5P/c1-3-4-5-6-7-8-9-19-10-12-20(13-11-19)14-15-21(16-26-18(2)22-21)17-27-28(23,24)25/h10-13H,3-9,14-17H2,1-2H3,(H2,23,24,25). The van der Waals surface area contributed by atoms with Gasteiger partial charge in [-0.15, -0.1) is 0 Å². The van der Waals surface area contributed by atoms with Crippen molar-refractivity contribution in [2.24, 2.45) is 4.99 Å². The number of hydrogen-bond donors (Lipinski definition) is 2. The van der Waals surface area contributed by atoms with E-state index in [9.17, 15) is 4.57 Å². The minimum absolute atomic E-state index is 0.148. The van der Waals surface area contributed by atoms with Gasteiger partial charge in [0.15, 0.2) is 5.90 Å². The molecule has 0 bridgehead atoms. The van der Waals surface area contributed by atoms with Crippen LogP contribution in [0.5, 0.6) is 0 Å². The molecule has 0 aromatic heterocycles. The van der Waals surface area contributed by atoms with E-state index in [2.05, 4.69) is 36.2 Å². The van der Waals surface area contributed by atoms with Gasteiger partial charge in [-0.25, -0.2) is 9.56 Å². The Kier molecular flexibility index (Phi) is 9.16. The van der Waals surface area contributed by atoms with Crippen molar-refractivity contribution in [1.82, 2.24) is 0 Å². The third kappa shape index (κ3) is 8.44. The lowest BCUT2D eigenvalue weighted by atomic mass is 9.93. The lowest BCUT2D eigenvalue weighted by Crippen LogP contribution is -2.34. The molecule has 0 radical (unpaired) electrons. The van der Waals surface area contributed by atoms with Crippen LogP contribution in [-0.4, -0.2) is 34.4 Å². The molecule has 28 heavy (non-hydrogen) atoms. The van der Waals surface area contributed by atoms with Crippen molar-refractivity contribution >= 4 is 13.7 Å². The number of phosphoric acid groups is 1. The van der Waals surface area contributed by atoms with Crippen LogP contribution in [0, 0.1) is 0 Å². The minimum Gasteiger partial charge on any atom is -0.479 e. The third-order valence-corrected chi connectivity index (χ3v) is 5.63. The quantitative estimate of drug-likeness (QED) is 0.359. The van der Waals surface area contributed by atoms with Gasteiger partial charge in [-0.05, 0) is 36.8 Å². The maximum Gasteiger partial charge on any atom is 0.469 e. The van der Waals surface area contributed by atoms with Crippen molar-refractivity contribution in [3.8, 4) is 0 Å². The second kappa shape index (κ2) is 11.1. The highest BCUT2D eigenvalue weighted by atomic mass is 31.2. The summed E-state index contributed by atoms with van der Waals surface area (Å²) in [6.45, 7) is 4.12. The molecular formula is C21H34NO5P. The largest absolute Gasteiger partial charge is 0.479 e. The van der Waals surface area contributed by atoms with Crippen LogP contribution in [0.25, 0.3) is 0 Å². The van der Waals surface area contributed by atoms with Gasteiger partial charge >= 0.3 is 7.82 Å². The van der Waals surface area contributed by atoms with Gasteiger partial charge < -0.3 is 14.5 Å². The number of phosphoric ester groups is 1. The summed E-state index contributed by atoms with van der Waals surface area (Å²) in [5.41, 5.74) is 1.81. The Bertz CT molecular complexity index is 670. The monoisotopic (exact) mass is 411 g/mol. The molecule has 1 unspecified atom stereocenters. The maximum atomic E-state index is 11.1. The number of nitrogens with zero attached hydrogens (tertiary/aromatic N) is 1. The van der Waals surface area contributed by atoms with E-state index in [0.717, 1.165) is 12.8 Å². The zero-order valence-corrected chi connectivity index (χ0v) is 18.0. The second-order valence-corrected chi connectivity index (χ2v) is 8.98. The van der Waals surface area contributed by atoms with Crippen molar-refractivity contribution in [1.29, 1.82) is 0 Å². The number of aryl methyl sites for hydroxylation is 2. The van der Waals surface area contributed by atoms with Crippen molar-refractivity contribution < 1.29 is 23.6 Å². The van der Waals surface area contributed by atoms with Gasteiger partial charge in [-0.3, -0.25) is 4.52 Å². The van der Waals surface area contributed by atoms with Gasteiger partial charge in [0.2, 0.25) is 0 Å². The summed E-state index contributed by atoms with van der Waals surface area (Å²) in [7, 11) is -4.53. The summed E-state index contributed by atoms with van der Waals surface area (Å²) in [5, 5.41) is 0. The van der Waals surface area contributed by atoms with Crippen LogP contribution in [0.2, 0.25) is 0 Å². The van der Waals surface area contributed by atoms with E-state index in [-0.39, 0.29) is 13.2 Å². The normalized spacial score (nSPS) is 19.5. The van der Waals surface area contributed by atoms with E-state index in [4.69, 9.17) is 19.0 Å². The Morgan fingerprint density at radius 1 is 1.07 bits per heavy atom. The summed E-state index contributed by atoms with van der Waals surface area (Å²) < 4.78 is 21.2. The molecule has 0 fully saturated rings. The van der Waals surface area contributed by atoms with Crippen molar-refractivity contribution in [3.63, 3.8) is 0 Å². The average molecular weight is 411 g/mol. The van der Waals surface area contributed by atoms with Gasteiger partial charge in [0, 0.05) is 6.92 Å². The van der Waals surface area contributed by atoms with Crippen LogP contribution < -0.4 is 0 Å². The molecule has 0 saturated carbocycles. The molecule has 1 aromatic rings. The molecule has 1 aliphatic rings. The number of aliphatic imine (C=N–C) groups is 1. The predicted molar refractivity (Wildman–Crippen MR) is 112 cm³/mol. The van der Waals surface area contributed by atoms with E-state index < -0.39 is 13.4 Å². The fourth-order valence-corrected chi connectivity index (χ4v) is 3.88. The molecule has 1 atom stereocenters. The second-order valence-electron chi connectivity index (χ2n) is 7.74. The lowest BCUT2D eigenvalue weighted by molar-refractivity contribution is 0.127. The van der Waals surface area contributed by atoms with E-state index >= 15 is 0 Å². The SMILES string of the molecule is CCCCCCCCc1ccc(CCC2(COP(=O)(O)O)COC(C)=N2)cc1. The van der Waals surface area contributed by atoms with Crippen LogP contribution in [0.3, 0.4) is 0 Å². The van der Waals surface area contributed by atoms with Gasteiger partial charge in [-0.2, -0.15) is 0 Å². The number of unbranched alkanes of at least 4 members (excludes halogenated alkanes) is 5. The molecular weight excluding hydrogens is 377 g/mol. The fourth-order valence-electron chi connectivity index (χ4n) is 3.47. The molecule has 6 nitrogen and oxygen atoms in total. The van der Waals surface area contributed by atoms with Gasteiger partial charge in [0.05, 0.1) is 6.61 Å². The van der Waals surface area contributed by atoms with Crippen LogP contribution in [0.1, 0.15) is 69.9 Å². The molecule has 2 N–H and O–H groups in total. The summed E-state index contributed by atoms with van der Waals surface area (Å²) in [6.07, 6.45) is 10.3. The maximum absolute atomic E-state index is 11.1. The average Bonchev–Trinajstić information content (AvgIpc) is 3.03. The van der Waals surface area contributed by atoms with E-state index in [0.29, 0.717) is 12.3 Å². The smallest absolute Gasteiger partial charge is 0.469 e. The van der Waals surface area contributed by atoms with Gasteiger partial charge in [0.25, 0.3) is 0 Å². The minimum atomic E-state index is -4.53. The molecule has 0 amide bonds. The Hall–Kier alpha value is -1.20. The third-order valence-electron chi connectivity index (χ3n) is 5.17. The molecule has 0 aliphatic carbocycles. The van der Waals surface area contributed by atoms with Crippen molar-refractivity contribution in [2.75, 3.05) is 13.2 Å². The topological polar surface area (TPSA) is 88.4 Å². The molecule has 1 aliphatic heterocycles. The summed E-state index contributed by atoms with van der Waals surface area (Å²) in [6, 6.07) is 8.63. The predicted octanol–water partition coefficient (Wildman–Crippen LogP) is 4.82. The fraction of sp³-hybridized carbons (Fsp3) is 0.667. The van der Waals surface area contributed by atoms with Gasteiger partial charge in [0.1, 0.15) is 12.1 Å². The highest BCUT2D eigenvalue weighted by molar-refractivity contribution is 7.46. The molecule has 158 valence electrons. The Balaban J connectivity index is 1.81. The van der Waals surface area contributed by atoms with Crippen LogP contribution in [0.15, 0.2) is 29.3 Å². The molecule has 1 aromatic carbocycles. The van der Waals surface area contributed by atoms with Crippen molar-refractivity contribution in [3.05, 3.63) is 35.4 Å². The summed E-state index contributed by atoms with van der Waals surface area (Å²) >= 11 is 0. The first kappa shape index (κ1) is 23.1. The molecule has 2 rings (SSSR count). The van der Waals surface area contributed by atoms with E-state index in [1.165, 1.54) is 49.7 Å². The summed E-state index contributed by atoms with van der Waals surface area (Å²) in [4.78, 5) is 22.5. The first-order valence-corrected chi connectivity index (χ1v) is 11.8. The van der Waals surface area contributed by atoms with Crippen LogP contribution in [0.4, 0.5) is 0 Å². The van der Waals surface area contributed by atoms with Crippen LogP contribution >= 0.6 is 7.82 Å². The zero-order chi connectivity index (χ0) is 20.5. The highest BCUT2D eigenvalue weighted by Gasteiger charge is 2.37. The number of benzene rings is 1. The molecule has 7 heteroatoms. The molecule has 1 heterocycles. The Labute approximate surface area is 168 Å². The van der Waals surface area contributed by atoms with E-state index in [1.807, 2.05) is 0 Å². The first-order chi connectivity index (χ1) is 13.3. The lowest BCUT2D eigenvalue weighted by Gasteiger charge is -2.24. The molecule has 0 saturated heterocycles. The Morgan fingerprint density at radius 2 is 1.68 bits per heavy atom. The summed E-state index contributed by atoms with van der Waals surface area (Å²) in [5.74, 6) is 0.531. The number of ether oxygens (including phenoxy) is 1. The van der Waals surface area contributed by atoms with Crippen LogP contribution in [-0.2, 0) is 26.7 Å². The van der Waals surface area contributed by atoms with Crippen molar-refractivity contribution in [2.45, 2.75) is 77.2 Å². The van der Waals surface area contributed by atoms with Gasteiger partial charge in [-0.1, -0.05) is 63.3 Å². The zero-order valence-electron chi connectivity index (χ0n) is 17.1. The first-order valence-electron chi connectivity index (χ1n) is 10.3. The number of rotatable bonds is 13. The Morgan fingerprint density at radius 3 is 2.25 bits per heavy atom. The molecule has 0 spiro atoms. The van der Waals surface area contributed by atoms with E-state index in [1.54, 1.807) is 6.92 Å².